The molecule has 4 aliphatic carbocycles. The van der Waals surface area contributed by atoms with Crippen molar-refractivity contribution in [3.05, 3.63) is 201 Å². The van der Waals surface area contributed by atoms with E-state index in [4.69, 9.17) is 55.2 Å². The molecule has 4 saturated carbocycles. The fourth-order valence-electron chi connectivity index (χ4n) is 16.1. The van der Waals surface area contributed by atoms with Crippen LogP contribution in [0, 0.1) is 17.8 Å². The molecule has 4 fully saturated rings. The number of aromatic amines is 1. The van der Waals surface area contributed by atoms with Crippen molar-refractivity contribution in [3.63, 3.8) is 0 Å². The fourth-order valence-corrected chi connectivity index (χ4v) is 16.3. The summed E-state index contributed by atoms with van der Waals surface area (Å²) in [6, 6.07) is 30.2. The Kier molecular flexibility index (Phi) is 35.3. The van der Waals surface area contributed by atoms with Crippen LogP contribution in [0.4, 0.5) is 43.0 Å². The number of rotatable bonds is 26. The molecule has 0 amide bonds. The summed E-state index contributed by atoms with van der Waals surface area (Å²) < 4.78 is 103. The number of hydrogen-bond acceptors (Lipinski definition) is 28. The number of carbonyl (C=O) groups excluding carboxylic acids is 2. The Morgan fingerprint density at radius 1 is 0.550 bits per heavy atom. The number of hydrogen-bond donors (Lipinski definition) is 5. The number of carboxylic acids is 1. The maximum atomic E-state index is 11.7. The van der Waals surface area contributed by atoms with Gasteiger partial charge in [0.25, 0.3) is 17.7 Å². The van der Waals surface area contributed by atoms with Crippen LogP contribution in [0.3, 0.4) is 0 Å². The Morgan fingerprint density at radius 3 is 1.23 bits per heavy atom. The maximum absolute atomic E-state index is 11.7. The Balaban J connectivity index is 0.000000165. The number of nitrogens with one attached hydrogen (secondary N) is 1. The van der Waals surface area contributed by atoms with Crippen molar-refractivity contribution in [2.45, 2.75) is 181 Å². The normalized spacial score (nSPS) is 15.1. The zero-order chi connectivity index (χ0) is 102. The number of carboxylic acid groups (broad SMARTS) is 1. The molecule has 0 unspecified atom stereocenters. The predicted molar refractivity (Wildman–Crippen MR) is 514 cm³/mol. The van der Waals surface area contributed by atoms with Gasteiger partial charge in [-0.2, -0.15) is 15.3 Å². The van der Waals surface area contributed by atoms with E-state index in [9.17, 15) is 39.6 Å². The zero-order valence-electron chi connectivity index (χ0n) is 80.8. The number of carbonyl (C=O) groups is 3. The molecule has 3 aromatic carbocycles. The van der Waals surface area contributed by atoms with Gasteiger partial charge in [-0.3, -0.25) is 43.2 Å². The van der Waals surface area contributed by atoms with Crippen LogP contribution in [0.2, 0.25) is 0 Å². The first kappa shape index (κ1) is 107. The summed E-state index contributed by atoms with van der Waals surface area (Å²) in [4.78, 5) is 65.9. The van der Waals surface area contributed by atoms with Crippen molar-refractivity contribution in [2.75, 3.05) is 77.6 Å². The van der Waals surface area contributed by atoms with Crippen molar-refractivity contribution < 1.29 is 90.8 Å². The van der Waals surface area contributed by atoms with Crippen LogP contribution in [0.1, 0.15) is 150 Å². The molecule has 0 saturated heterocycles. The number of alkyl halides is 1. The van der Waals surface area contributed by atoms with Crippen LogP contribution in [-0.2, 0) is 58.3 Å². The second-order valence-corrected chi connectivity index (χ2v) is 37.4. The number of pyridine rings is 1. The number of methoxy groups -OCH3 is 1. The number of nitrogens with zero attached hydrogens (tertiary/aromatic N) is 24. The second-order valence-electron chi connectivity index (χ2n) is 34.9. The summed E-state index contributed by atoms with van der Waals surface area (Å²) in [6.45, 7) is 23.1. The van der Waals surface area contributed by atoms with E-state index >= 15 is 0 Å². The van der Waals surface area contributed by atoms with Gasteiger partial charge < -0.3 is 49.8 Å². The molecule has 38 nitrogen and oxygen atoms in total. The quantitative estimate of drug-likeness (QED) is 0.00639. The average molecular weight is 2030 g/mol. The molecule has 14 aromatic rings. The number of aliphatic carboxylic acids is 1. The van der Waals surface area contributed by atoms with Gasteiger partial charge in [0.15, 0.2) is 0 Å². The molecule has 4 aliphatic rings. The zero-order valence-corrected chi connectivity index (χ0v) is 83.3. The summed E-state index contributed by atoms with van der Waals surface area (Å²) in [5.74, 6) is 2.99. The van der Waals surface area contributed by atoms with Gasteiger partial charge >= 0.3 is 76.0 Å². The fraction of sp³-hybridized carbons (Fsp3) is 0.426. The van der Waals surface area contributed by atoms with Gasteiger partial charge in [-0.05, 0) is 142 Å². The summed E-state index contributed by atoms with van der Waals surface area (Å²) in [5, 5.41) is 46.6. The molecule has 0 radical (unpaired) electrons. The molecular weight excluding hydrogens is 1910 g/mol. The van der Waals surface area contributed by atoms with Gasteiger partial charge in [-0.1, -0.05) is 113 Å². The number of esters is 2. The number of fused-ring (bicyclic) bond motifs is 1. The third-order valence-corrected chi connectivity index (χ3v) is 24.2. The van der Waals surface area contributed by atoms with Crippen LogP contribution in [0.15, 0.2) is 198 Å². The summed E-state index contributed by atoms with van der Waals surface area (Å²) in [7, 11) is -1.000. The Hall–Kier alpha value is -13.8. The summed E-state index contributed by atoms with van der Waals surface area (Å²) in [6.07, 6.45) is 39.8. The van der Waals surface area contributed by atoms with E-state index in [2.05, 4.69) is 212 Å². The molecule has 748 valence electrons. The number of halogens is 7. The Labute approximate surface area is 813 Å². The van der Waals surface area contributed by atoms with Gasteiger partial charge in [0.1, 0.15) is 23.9 Å². The van der Waals surface area contributed by atoms with E-state index in [0.717, 1.165) is 99.4 Å². The number of ether oxygens (including phenoxy) is 3. The number of nitrogen functional groups attached to an aromatic ring is 3. The average Bonchev–Trinajstić information content (AvgIpc) is 1.56. The minimum atomic E-state index is -10.7. The third-order valence-electron chi connectivity index (χ3n) is 23.7. The predicted octanol–water partition coefficient (Wildman–Crippen LogP) is 15.2. The minimum absolute atomic E-state index is 0.0414. The molecule has 8 N–H and O–H groups in total. The third kappa shape index (κ3) is 29.6. The van der Waals surface area contributed by atoms with Crippen molar-refractivity contribution >= 4 is 76.6 Å². The van der Waals surface area contributed by atoms with Crippen LogP contribution < -0.4 is 31.2 Å². The molecule has 46 heteroatoms. The number of nitrogens with two attached hydrogens (primary N) is 3. The van der Waals surface area contributed by atoms with Gasteiger partial charge in [0, 0.05) is 174 Å². The van der Waals surface area contributed by atoms with E-state index in [1.807, 2.05) is 76.0 Å². The molecule has 11 aromatic heterocycles. The van der Waals surface area contributed by atoms with Gasteiger partial charge in [-0.25, -0.2) is 34.9 Å². The van der Waals surface area contributed by atoms with E-state index in [1.54, 1.807) is 125 Å². The summed E-state index contributed by atoms with van der Waals surface area (Å²) >= 11 is 2.94. The molecule has 0 spiro atoms. The van der Waals surface area contributed by atoms with Crippen molar-refractivity contribution in [1.29, 1.82) is 0 Å². The van der Waals surface area contributed by atoms with Crippen LogP contribution in [-0.4, -0.2) is 217 Å². The Bertz CT molecular complexity index is 6340. The molecule has 11 heterocycles. The van der Waals surface area contributed by atoms with Crippen molar-refractivity contribution in [3.8, 4) is 67.7 Å². The van der Waals surface area contributed by atoms with Crippen LogP contribution in [0.25, 0.3) is 78.9 Å². The molecule has 0 bridgehead atoms. The monoisotopic (exact) mass is 2030 g/mol. The number of H-pyrrole nitrogens is 1. The van der Waals surface area contributed by atoms with E-state index in [1.165, 1.54) is 53.5 Å². The Morgan fingerprint density at radius 2 is 0.929 bits per heavy atom. The van der Waals surface area contributed by atoms with Crippen molar-refractivity contribution in [1.82, 2.24) is 105 Å². The molecular formula is C94H121BrF6N28O10P+3. The first-order valence-electron chi connectivity index (χ1n) is 45.5. The first-order chi connectivity index (χ1) is 66.4. The van der Waals surface area contributed by atoms with Crippen molar-refractivity contribution in [2.24, 2.45) is 17.8 Å². The number of aromatic nitrogens is 22. The van der Waals surface area contributed by atoms with E-state index < -0.39 is 13.8 Å². The molecule has 0 aliphatic heterocycles. The van der Waals surface area contributed by atoms with Crippen LogP contribution in [0.5, 0.6) is 0 Å². The van der Waals surface area contributed by atoms with Gasteiger partial charge in [0.2, 0.25) is 40.1 Å². The van der Waals surface area contributed by atoms with E-state index in [0.29, 0.717) is 83.3 Å². The molecule has 3 atom stereocenters. The summed E-state index contributed by atoms with van der Waals surface area (Å²) in [5.41, 5.74) is 28.7. The number of benzene rings is 3. The first-order valence-corrected chi connectivity index (χ1v) is 48.7. The van der Waals surface area contributed by atoms with Gasteiger partial charge in [-0.15, -0.1) is 5.10 Å². The topological polar surface area (TPSA) is 462 Å². The van der Waals surface area contributed by atoms with E-state index in [-0.39, 0.29) is 59.5 Å². The number of anilines is 3. The second kappa shape index (κ2) is 46.3. The van der Waals surface area contributed by atoms with Crippen LogP contribution >= 0.6 is 23.7 Å². The standard InChI is InChI=1S/C24H26N7O3.C22H21N7O3.C20H20N7O.C10H15N6.C8H19N.C6H12O.C4H7BrO2.F6P/c1-3-33-21(32)14-30-13-18(12-28-30)22-29-31(15-34-22)24(2,20-8-9-20)19-6-4-16(5-7-19)17-10-26-23(25)27-11-17;1-22(18-6-7-18,17-4-2-14(3-5-17)15-8-24-21(23)25-9-15)29-13-32-20(27-29)16-10-26-28(11-16)12-19(30)31;1-20(17-6-7-17,27-12-28-18(26-27)15-10-24-25-11-15)16-4-2-13(3-5-16)14-8-22-19(21)23-9-14;1-14(2)10(15(3)4)16-9-8(12-13-16)6-5-7-11-9;1-6-9(7(2)3)8(4)5;1-7-6-4-2-3-5-6;1-2-7-4(6)3-5;1-7(2,3,4,5)6/h4-7,10-13,15,20H,3,8-9,14H2,1-2H3,(H2,25,26,27);2-5,8-11,13,18H,6-7,12H2,1H3,(H2-,23,24,25,30,31);2-5,8-12,17H,6-7H2,1H3,(H,24,25)(H2,21,22,23);5-7H,1-4H3;7-8H,6H2,1-5H3;6H,2-5H2,1H3;2-3H2,1H3;/q+1;;2*+1;;;;-1/p+1/t24-;22-;20-;;;;;/m000...../s1. The molecule has 140 heavy (non-hydrogen) atoms. The SMILES string of the molecule is CCN(C(C)C)C(C)C.CCOC(=O)CBr.CCOC(=O)Cn1cc(-c2n[n+]([C@@](C)(c3ccc(-c4cnc(N)nc4)cc3)C3CC3)co2)cn1.CN(C)C(n1nnc2cccnc21)=[N+](C)C.COC1CCCC1.C[C@](c1ccc(-c2cnc(N)nc2)cc1)(C1CC1)[n+]1coc(-c2cn[nH]c2)n1.C[C@](c1ccc(-c2cnc(N)nc2)cc1)(C1CC1)[n+]1coc(-c2cnn(CC(=O)O)c2)n1.F[P-](F)(F)(F)(F)F. The molecule has 18 rings (SSSR count). The van der Waals surface area contributed by atoms with Gasteiger partial charge in [0.05, 0.1) is 82.8 Å².